The summed E-state index contributed by atoms with van der Waals surface area (Å²) in [7, 11) is 3.10. The fourth-order valence-corrected chi connectivity index (χ4v) is 2.66. The highest BCUT2D eigenvalue weighted by Crippen LogP contribution is 2.36. The van der Waals surface area contributed by atoms with Crippen LogP contribution in [-0.2, 0) is 4.79 Å². The van der Waals surface area contributed by atoms with Crippen LogP contribution in [-0.4, -0.2) is 32.6 Å². The quantitative estimate of drug-likeness (QED) is 0.650. The monoisotopic (exact) mass is 402 g/mol. The number of anilines is 1. The van der Waals surface area contributed by atoms with Gasteiger partial charge in [0.25, 0.3) is 5.91 Å². The number of amides is 2. The van der Waals surface area contributed by atoms with Crippen molar-refractivity contribution in [3.05, 3.63) is 58.6 Å². The number of benzene rings is 2. The fourth-order valence-electron chi connectivity index (χ4n) is 2.39. The van der Waals surface area contributed by atoms with Crippen LogP contribution in [0, 0.1) is 0 Å². The minimum atomic E-state index is -0.311. The molecule has 2 aromatic rings. The molecule has 2 amide bonds. The SMILES string of the molecule is CCCOc1c(Cl)cc(/C=C/C(=O)Nc2ccc(C(=O)NC)cc2)cc1OC. The molecule has 2 rings (SSSR count). The highest BCUT2D eigenvalue weighted by Gasteiger charge is 2.11. The lowest BCUT2D eigenvalue weighted by molar-refractivity contribution is -0.111. The molecule has 0 aromatic heterocycles. The number of ether oxygens (including phenoxy) is 2. The number of nitrogens with one attached hydrogen (secondary N) is 2. The molecule has 28 heavy (non-hydrogen) atoms. The molecule has 0 atom stereocenters. The highest BCUT2D eigenvalue weighted by atomic mass is 35.5. The van der Waals surface area contributed by atoms with Crippen molar-refractivity contribution in [1.82, 2.24) is 5.32 Å². The van der Waals surface area contributed by atoms with Crippen LogP contribution in [0.2, 0.25) is 5.02 Å². The van der Waals surface area contributed by atoms with Crippen molar-refractivity contribution >= 4 is 35.2 Å². The Hall–Kier alpha value is -2.99. The lowest BCUT2D eigenvalue weighted by atomic mass is 10.1. The minimum absolute atomic E-state index is 0.185. The molecule has 7 heteroatoms. The van der Waals surface area contributed by atoms with E-state index in [4.69, 9.17) is 21.1 Å². The van der Waals surface area contributed by atoms with Crippen LogP contribution in [0.4, 0.5) is 5.69 Å². The molecule has 2 aromatic carbocycles. The van der Waals surface area contributed by atoms with E-state index in [1.807, 2.05) is 6.92 Å². The minimum Gasteiger partial charge on any atom is -0.493 e. The predicted octanol–water partition coefficient (Wildman–Crippen LogP) is 4.15. The smallest absolute Gasteiger partial charge is 0.251 e. The fraction of sp³-hybridized carbons (Fsp3) is 0.238. The van der Waals surface area contributed by atoms with Crippen LogP contribution in [0.15, 0.2) is 42.5 Å². The Morgan fingerprint density at radius 1 is 1.18 bits per heavy atom. The molecule has 0 spiro atoms. The zero-order chi connectivity index (χ0) is 20.5. The summed E-state index contributed by atoms with van der Waals surface area (Å²) in [5.41, 5.74) is 1.81. The third-order valence-electron chi connectivity index (χ3n) is 3.77. The van der Waals surface area contributed by atoms with Crippen LogP contribution < -0.4 is 20.1 Å². The van der Waals surface area contributed by atoms with Gasteiger partial charge in [-0.05, 0) is 54.5 Å². The average Bonchev–Trinajstić information content (AvgIpc) is 2.71. The summed E-state index contributed by atoms with van der Waals surface area (Å²) in [4.78, 5) is 23.7. The van der Waals surface area contributed by atoms with E-state index in [1.54, 1.807) is 49.5 Å². The molecular formula is C21H23ClN2O4. The Kier molecular flexibility index (Phi) is 7.89. The molecule has 0 saturated carbocycles. The molecule has 148 valence electrons. The van der Waals surface area contributed by atoms with Gasteiger partial charge in [-0.15, -0.1) is 0 Å². The molecule has 0 heterocycles. The van der Waals surface area contributed by atoms with Crippen LogP contribution >= 0.6 is 11.6 Å². The van der Waals surface area contributed by atoms with Gasteiger partial charge in [-0.1, -0.05) is 18.5 Å². The van der Waals surface area contributed by atoms with Gasteiger partial charge in [0.15, 0.2) is 11.5 Å². The van der Waals surface area contributed by atoms with Gasteiger partial charge in [-0.3, -0.25) is 9.59 Å². The summed E-state index contributed by atoms with van der Waals surface area (Å²) in [5, 5.41) is 5.69. The van der Waals surface area contributed by atoms with Crippen LogP contribution in [0.5, 0.6) is 11.5 Å². The Bertz CT molecular complexity index is 863. The zero-order valence-corrected chi connectivity index (χ0v) is 16.8. The first-order valence-corrected chi connectivity index (χ1v) is 9.17. The maximum Gasteiger partial charge on any atom is 0.251 e. The molecule has 6 nitrogen and oxygen atoms in total. The molecule has 0 aliphatic rings. The van der Waals surface area contributed by atoms with E-state index in [0.29, 0.717) is 39.9 Å². The van der Waals surface area contributed by atoms with E-state index in [2.05, 4.69) is 10.6 Å². The molecule has 0 aliphatic carbocycles. The van der Waals surface area contributed by atoms with Crippen molar-refractivity contribution < 1.29 is 19.1 Å². The van der Waals surface area contributed by atoms with Crippen molar-refractivity contribution in [2.24, 2.45) is 0 Å². The van der Waals surface area contributed by atoms with Gasteiger partial charge in [-0.25, -0.2) is 0 Å². The van der Waals surface area contributed by atoms with Crippen molar-refractivity contribution in [2.75, 3.05) is 26.1 Å². The third kappa shape index (κ3) is 5.76. The molecule has 0 radical (unpaired) electrons. The van der Waals surface area contributed by atoms with Gasteiger partial charge < -0.3 is 20.1 Å². The number of halogens is 1. The second-order valence-corrected chi connectivity index (χ2v) is 6.27. The van der Waals surface area contributed by atoms with Gasteiger partial charge in [-0.2, -0.15) is 0 Å². The second-order valence-electron chi connectivity index (χ2n) is 5.86. The molecule has 2 N–H and O–H groups in total. The highest BCUT2D eigenvalue weighted by molar-refractivity contribution is 6.32. The average molecular weight is 403 g/mol. The summed E-state index contributed by atoms with van der Waals surface area (Å²) < 4.78 is 10.9. The molecule has 0 saturated heterocycles. The van der Waals surface area contributed by atoms with E-state index in [-0.39, 0.29) is 11.8 Å². The van der Waals surface area contributed by atoms with Crippen molar-refractivity contribution in [3.63, 3.8) is 0 Å². The van der Waals surface area contributed by atoms with Gasteiger partial charge in [0.2, 0.25) is 5.91 Å². The van der Waals surface area contributed by atoms with Crippen molar-refractivity contribution in [1.29, 1.82) is 0 Å². The van der Waals surface area contributed by atoms with Gasteiger partial charge >= 0.3 is 0 Å². The van der Waals surface area contributed by atoms with Crippen LogP contribution in [0.3, 0.4) is 0 Å². The third-order valence-corrected chi connectivity index (χ3v) is 4.05. The number of rotatable bonds is 8. The summed E-state index contributed by atoms with van der Waals surface area (Å²) >= 11 is 6.27. The van der Waals surface area contributed by atoms with Gasteiger partial charge in [0, 0.05) is 24.4 Å². The Labute approximate surface area is 169 Å². The van der Waals surface area contributed by atoms with E-state index >= 15 is 0 Å². The zero-order valence-electron chi connectivity index (χ0n) is 16.0. The molecule has 0 fully saturated rings. The molecule has 0 bridgehead atoms. The van der Waals surface area contributed by atoms with Gasteiger partial charge in [0.1, 0.15) is 0 Å². The number of hydrogen-bond acceptors (Lipinski definition) is 4. The number of carbonyl (C=O) groups is 2. The predicted molar refractivity (Wildman–Crippen MR) is 111 cm³/mol. The van der Waals surface area contributed by atoms with Crippen molar-refractivity contribution in [2.45, 2.75) is 13.3 Å². The summed E-state index contributed by atoms with van der Waals surface area (Å²) in [6, 6.07) is 10.1. The van der Waals surface area contributed by atoms with E-state index in [1.165, 1.54) is 13.2 Å². The largest absolute Gasteiger partial charge is 0.493 e. The molecule has 0 aliphatic heterocycles. The topological polar surface area (TPSA) is 76.7 Å². The van der Waals surface area contributed by atoms with Crippen LogP contribution in [0.1, 0.15) is 29.3 Å². The number of carbonyl (C=O) groups excluding carboxylic acids is 2. The number of methoxy groups -OCH3 is 1. The van der Waals surface area contributed by atoms with E-state index in [9.17, 15) is 9.59 Å². The summed E-state index contributed by atoms with van der Waals surface area (Å²) in [5.74, 6) is 0.499. The Morgan fingerprint density at radius 2 is 1.89 bits per heavy atom. The Morgan fingerprint density at radius 3 is 2.50 bits per heavy atom. The Balaban J connectivity index is 2.07. The van der Waals surface area contributed by atoms with Crippen LogP contribution in [0.25, 0.3) is 6.08 Å². The molecular weight excluding hydrogens is 380 g/mol. The second kappa shape index (κ2) is 10.4. The first-order chi connectivity index (χ1) is 13.5. The van der Waals surface area contributed by atoms with Crippen molar-refractivity contribution in [3.8, 4) is 11.5 Å². The normalized spacial score (nSPS) is 10.6. The van der Waals surface area contributed by atoms with Gasteiger partial charge in [0.05, 0.1) is 18.7 Å². The summed E-state index contributed by atoms with van der Waals surface area (Å²) in [6.07, 6.45) is 3.88. The first-order valence-electron chi connectivity index (χ1n) is 8.80. The lowest BCUT2D eigenvalue weighted by Crippen LogP contribution is -2.17. The van der Waals surface area contributed by atoms with E-state index in [0.717, 1.165) is 6.42 Å². The number of hydrogen-bond donors (Lipinski definition) is 2. The molecule has 0 unspecified atom stereocenters. The maximum atomic E-state index is 12.1. The van der Waals surface area contributed by atoms with E-state index < -0.39 is 0 Å². The summed E-state index contributed by atoms with van der Waals surface area (Å²) in [6.45, 7) is 2.54. The maximum absolute atomic E-state index is 12.1. The first kappa shape index (κ1) is 21.3. The lowest BCUT2D eigenvalue weighted by Gasteiger charge is -2.12. The standard InChI is InChI=1S/C21H23ClN2O4/c1-4-11-28-20-17(22)12-14(13-18(20)27-3)5-10-19(25)24-16-8-6-15(7-9-16)21(26)23-2/h5-10,12-13H,4,11H2,1-3H3,(H,23,26)(H,24,25)/b10-5+.